The van der Waals surface area contributed by atoms with Crippen molar-refractivity contribution in [2.45, 2.75) is 25.2 Å². The van der Waals surface area contributed by atoms with Crippen molar-refractivity contribution in [2.75, 3.05) is 13.1 Å². The summed E-state index contributed by atoms with van der Waals surface area (Å²) in [6.07, 6.45) is 2.51. The molecule has 0 radical (unpaired) electrons. The molecule has 144 valence electrons. The van der Waals surface area contributed by atoms with Gasteiger partial charge >= 0.3 is 0 Å². The normalized spacial score (nSPS) is 16.9. The molecule has 0 spiro atoms. The van der Waals surface area contributed by atoms with E-state index in [1.54, 1.807) is 16.2 Å². The summed E-state index contributed by atoms with van der Waals surface area (Å²) in [6, 6.07) is 13.4. The van der Waals surface area contributed by atoms with Gasteiger partial charge in [-0.2, -0.15) is 0 Å². The lowest BCUT2D eigenvalue weighted by Crippen LogP contribution is -2.39. The van der Waals surface area contributed by atoms with E-state index in [0.717, 1.165) is 41.4 Å². The molecule has 7 heteroatoms. The quantitative estimate of drug-likeness (QED) is 0.652. The summed E-state index contributed by atoms with van der Waals surface area (Å²) in [5.74, 6) is -2.12. The maximum absolute atomic E-state index is 13.5. The molecule has 0 bridgehead atoms. The first kappa shape index (κ1) is 18.7. The number of hydrogen-bond acceptors (Lipinski definition) is 4. The summed E-state index contributed by atoms with van der Waals surface area (Å²) in [4.78, 5) is 14.4. The molecular weight excluding hydrogens is 380 g/mol. The molecule has 0 aliphatic carbocycles. The molecule has 4 rings (SSSR count). The summed E-state index contributed by atoms with van der Waals surface area (Å²) in [5, 5.41) is 10.5. The van der Waals surface area contributed by atoms with Gasteiger partial charge in [-0.15, -0.1) is 21.5 Å². The summed E-state index contributed by atoms with van der Waals surface area (Å²) >= 11 is 1.58. The Kier molecular flexibility index (Phi) is 5.43. The van der Waals surface area contributed by atoms with Gasteiger partial charge < -0.3 is 4.90 Å². The molecule has 4 nitrogen and oxygen atoms in total. The van der Waals surface area contributed by atoms with Gasteiger partial charge in [0, 0.05) is 31.0 Å². The molecule has 1 atom stereocenters. The van der Waals surface area contributed by atoms with Crippen molar-refractivity contribution in [1.82, 2.24) is 15.1 Å². The van der Waals surface area contributed by atoms with E-state index in [4.69, 9.17) is 0 Å². The largest absolute Gasteiger partial charge is 0.338 e. The van der Waals surface area contributed by atoms with Crippen LogP contribution in [0, 0.1) is 11.6 Å². The molecule has 1 unspecified atom stereocenters. The standard InChI is InChI=1S/C21H19F2N3OS/c22-17-9-8-15(12-18(17)23)21(27)26-10-4-7-16(13-26)20-25-24-19(28-20)11-14-5-2-1-3-6-14/h1-3,5-6,8-9,12,16H,4,7,10-11,13H2. The van der Waals surface area contributed by atoms with Crippen LogP contribution in [0.15, 0.2) is 48.5 Å². The third-order valence-corrected chi connectivity index (χ3v) is 5.99. The minimum absolute atomic E-state index is 0.116. The van der Waals surface area contributed by atoms with Gasteiger partial charge in [0.1, 0.15) is 10.0 Å². The van der Waals surface area contributed by atoms with Gasteiger partial charge in [-0.3, -0.25) is 4.79 Å². The fraction of sp³-hybridized carbons (Fsp3) is 0.286. The number of carbonyl (C=O) groups excluding carboxylic acids is 1. The molecule has 1 saturated heterocycles. The van der Waals surface area contributed by atoms with Crippen LogP contribution in [0.1, 0.15) is 44.7 Å². The van der Waals surface area contributed by atoms with E-state index >= 15 is 0 Å². The maximum atomic E-state index is 13.5. The van der Waals surface area contributed by atoms with E-state index in [1.807, 2.05) is 18.2 Å². The second-order valence-electron chi connectivity index (χ2n) is 6.92. The zero-order valence-corrected chi connectivity index (χ0v) is 16.0. The van der Waals surface area contributed by atoms with Crippen molar-refractivity contribution in [2.24, 2.45) is 0 Å². The van der Waals surface area contributed by atoms with E-state index in [9.17, 15) is 13.6 Å². The van der Waals surface area contributed by atoms with Crippen LogP contribution < -0.4 is 0 Å². The SMILES string of the molecule is O=C(c1ccc(F)c(F)c1)N1CCCC(c2nnc(Cc3ccccc3)s2)C1. The molecule has 0 N–H and O–H groups in total. The number of piperidine rings is 1. The minimum atomic E-state index is -1.01. The predicted octanol–water partition coefficient (Wildman–Crippen LogP) is 4.43. The number of nitrogens with zero attached hydrogens (tertiary/aromatic N) is 3. The second kappa shape index (κ2) is 8.14. The van der Waals surface area contributed by atoms with Crippen molar-refractivity contribution in [3.8, 4) is 0 Å². The van der Waals surface area contributed by atoms with Crippen molar-refractivity contribution < 1.29 is 13.6 Å². The fourth-order valence-electron chi connectivity index (χ4n) is 3.45. The van der Waals surface area contributed by atoms with Crippen molar-refractivity contribution >= 4 is 17.2 Å². The Labute approximate surface area is 165 Å². The number of halogens is 2. The van der Waals surface area contributed by atoms with Crippen molar-refractivity contribution in [1.29, 1.82) is 0 Å². The highest BCUT2D eigenvalue weighted by Crippen LogP contribution is 2.30. The van der Waals surface area contributed by atoms with Gasteiger partial charge in [0.15, 0.2) is 11.6 Å². The third kappa shape index (κ3) is 4.09. The van der Waals surface area contributed by atoms with E-state index < -0.39 is 11.6 Å². The molecule has 1 aromatic heterocycles. The first-order valence-corrected chi connectivity index (χ1v) is 10.0. The average molecular weight is 399 g/mol. The van der Waals surface area contributed by atoms with Gasteiger partial charge in [0.2, 0.25) is 0 Å². The van der Waals surface area contributed by atoms with Crippen molar-refractivity contribution in [3.63, 3.8) is 0 Å². The van der Waals surface area contributed by atoms with Gasteiger partial charge in [-0.25, -0.2) is 8.78 Å². The zero-order valence-electron chi connectivity index (χ0n) is 15.1. The van der Waals surface area contributed by atoms with Gasteiger partial charge in [-0.05, 0) is 36.6 Å². The van der Waals surface area contributed by atoms with Crippen LogP contribution in [-0.2, 0) is 6.42 Å². The topological polar surface area (TPSA) is 46.1 Å². The lowest BCUT2D eigenvalue weighted by atomic mass is 9.98. The highest BCUT2D eigenvalue weighted by atomic mass is 32.1. The number of rotatable bonds is 4. The molecule has 0 saturated carbocycles. The second-order valence-corrected chi connectivity index (χ2v) is 8.01. The van der Waals surface area contributed by atoms with Crippen LogP contribution in [0.3, 0.4) is 0 Å². The number of amides is 1. The highest BCUT2D eigenvalue weighted by molar-refractivity contribution is 7.11. The smallest absolute Gasteiger partial charge is 0.253 e. The van der Waals surface area contributed by atoms with Crippen LogP contribution in [0.4, 0.5) is 8.78 Å². The molecule has 1 amide bonds. The Morgan fingerprint density at radius 1 is 1.11 bits per heavy atom. The Hall–Kier alpha value is -2.67. The number of hydrogen-bond donors (Lipinski definition) is 0. The Bertz CT molecular complexity index is 977. The zero-order chi connectivity index (χ0) is 19.5. The minimum Gasteiger partial charge on any atom is -0.338 e. The number of carbonyl (C=O) groups is 1. The average Bonchev–Trinajstić information content (AvgIpc) is 3.19. The van der Waals surface area contributed by atoms with Gasteiger partial charge in [-0.1, -0.05) is 30.3 Å². The van der Waals surface area contributed by atoms with Crippen LogP contribution in [0.5, 0.6) is 0 Å². The van der Waals surface area contributed by atoms with Crippen LogP contribution in [-0.4, -0.2) is 34.1 Å². The molecule has 1 aliphatic rings. The summed E-state index contributed by atoms with van der Waals surface area (Å²) in [6.45, 7) is 1.11. The Morgan fingerprint density at radius 2 is 1.93 bits per heavy atom. The number of benzene rings is 2. The first-order valence-electron chi connectivity index (χ1n) is 9.20. The lowest BCUT2D eigenvalue weighted by molar-refractivity contribution is 0.0706. The fourth-order valence-corrected chi connectivity index (χ4v) is 4.45. The van der Waals surface area contributed by atoms with E-state index in [2.05, 4.69) is 22.3 Å². The highest BCUT2D eigenvalue weighted by Gasteiger charge is 2.28. The molecule has 2 aromatic carbocycles. The Balaban J connectivity index is 1.45. The van der Waals surface area contributed by atoms with Crippen LogP contribution in [0.2, 0.25) is 0 Å². The van der Waals surface area contributed by atoms with Crippen LogP contribution in [0.25, 0.3) is 0 Å². The lowest BCUT2D eigenvalue weighted by Gasteiger charge is -2.31. The molecule has 1 aliphatic heterocycles. The number of aromatic nitrogens is 2. The van der Waals surface area contributed by atoms with Crippen LogP contribution >= 0.6 is 11.3 Å². The van der Waals surface area contributed by atoms with Gasteiger partial charge in [0.25, 0.3) is 5.91 Å². The van der Waals surface area contributed by atoms with E-state index in [-0.39, 0.29) is 17.4 Å². The predicted molar refractivity (Wildman–Crippen MR) is 103 cm³/mol. The summed E-state index contributed by atoms with van der Waals surface area (Å²) in [5.41, 5.74) is 1.35. The molecular formula is C21H19F2N3OS. The van der Waals surface area contributed by atoms with Gasteiger partial charge in [0.05, 0.1) is 0 Å². The summed E-state index contributed by atoms with van der Waals surface area (Å²) in [7, 11) is 0. The summed E-state index contributed by atoms with van der Waals surface area (Å²) < 4.78 is 26.6. The molecule has 3 aromatic rings. The third-order valence-electron chi connectivity index (χ3n) is 4.91. The van der Waals surface area contributed by atoms with Crippen molar-refractivity contribution in [3.05, 3.63) is 81.3 Å². The monoisotopic (exact) mass is 399 g/mol. The maximum Gasteiger partial charge on any atom is 0.253 e. The van der Waals surface area contributed by atoms with E-state index in [1.165, 1.54) is 11.6 Å². The Morgan fingerprint density at radius 3 is 2.71 bits per heavy atom. The molecule has 1 fully saturated rings. The van der Waals surface area contributed by atoms with E-state index in [0.29, 0.717) is 13.1 Å². The number of likely N-dealkylation sites (tertiary alicyclic amines) is 1. The molecule has 2 heterocycles. The first-order chi connectivity index (χ1) is 13.6. The molecule has 28 heavy (non-hydrogen) atoms.